The number of aryl methyl sites for hydroxylation is 1. The summed E-state index contributed by atoms with van der Waals surface area (Å²) in [6, 6.07) is 0. The van der Waals surface area contributed by atoms with Crippen LogP contribution in [0.15, 0.2) is 0 Å². The third kappa shape index (κ3) is 11.9. The molecular formula is C22H38N24O5. The summed E-state index contributed by atoms with van der Waals surface area (Å²) in [6.07, 6.45) is 2.03. The molecule has 6 aromatic heterocycles. The van der Waals surface area contributed by atoms with Crippen molar-refractivity contribution in [1.29, 1.82) is 0 Å². The quantitative estimate of drug-likeness (QED) is 0.0551. The van der Waals surface area contributed by atoms with Crippen molar-refractivity contribution in [3.8, 4) is 0 Å². The maximum absolute atomic E-state index is 8.84. The summed E-state index contributed by atoms with van der Waals surface area (Å²) in [4.78, 5) is 4.15. The van der Waals surface area contributed by atoms with Crippen LogP contribution in [-0.4, -0.2) is 180 Å². The van der Waals surface area contributed by atoms with Crippen LogP contribution in [0.1, 0.15) is 48.3 Å². The van der Waals surface area contributed by atoms with E-state index in [4.69, 9.17) is 25.5 Å². The summed E-state index contributed by atoms with van der Waals surface area (Å²) in [5, 5.41) is 112. The lowest BCUT2D eigenvalue weighted by atomic mass is 10.4. The summed E-state index contributed by atoms with van der Waals surface area (Å²) in [5.41, 5.74) is 0. The standard InChI is InChI=1S/C8H14N8O.2C7H12N8O2/c1-2-3-16-11-7(9-13-16)6-8-10-12-14-15(8)4-5-17;16-3-1-14-6(8-10-12-14)5-7-9-11-13-15(7)2-4-17;16-3-1-14-10-6(8-12-14)5-7-9-13-15(11-7)2-4-17/h17H,2-6H2,1H3;2*16-17H,1-5H2. The molecule has 276 valence electrons. The number of rotatable bonds is 18. The van der Waals surface area contributed by atoms with Gasteiger partial charge in [-0.15, -0.1) is 45.9 Å². The van der Waals surface area contributed by atoms with E-state index in [2.05, 4.69) is 92.8 Å². The first-order chi connectivity index (χ1) is 25.0. The number of hydrogen-bond acceptors (Lipinski definition) is 23. The maximum Gasteiger partial charge on any atom is 0.182 e. The molecule has 0 amide bonds. The molecule has 51 heavy (non-hydrogen) atoms. The van der Waals surface area contributed by atoms with E-state index in [1.165, 1.54) is 23.6 Å². The Labute approximate surface area is 286 Å². The van der Waals surface area contributed by atoms with Gasteiger partial charge in [-0.3, -0.25) is 0 Å². The Bertz CT molecular complexity index is 1720. The fourth-order valence-corrected chi connectivity index (χ4v) is 3.98. The minimum atomic E-state index is -0.0420. The van der Waals surface area contributed by atoms with Gasteiger partial charge in [-0.2, -0.15) is 14.4 Å². The van der Waals surface area contributed by atoms with Gasteiger partial charge in [0.25, 0.3) is 0 Å². The van der Waals surface area contributed by atoms with Gasteiger partial charge in [0.15, 0.2) is 34.9 Å². The molecule has 0 unspecified atom stereocenters. The van der Waals surface area contributed by atoms with Gasteiger partial charge in [0.1, 0.15) is 0 Å². The normalized spacial score (nSPS) is 10.9. The van der Waals surface area contributed by atoms with Crippen LogP contribution in [0.2, 0.25) is 0 Å². The Morgan fingerprint density at radius 3 is 1.12 bits per heavy atom. The average Bonchev–Trinajstić information content (AvgIpc) is 3.98. The second-order valence-corrected chi connectivity index (χ2v) is 10.0. The van der Waals surface area contributed by atoms with Crippen LogP contribution in [0.3, 0.4) is 0 Å². The highest BCUT2D eigenvalue weighted by atomic mass is 16.3. The molecule has 6 aromatic rings. The van der Waals surface area contributed by atoms with E-state index in [9.17, 15) is 0 Å². The third-order valence-electron chi connectivity index (χ3n) is 6.21. The smallest absolute Gasteiger partial charge is 0.182 e. The van der Waals surface area contributed by atoms with Gasteiger partial charge in [0.05, 0.1) is 91.6 Å². The molecule has 0 fully saturated rings. The van der Waals surface area contributed by atoms with E-state index >= 15 is 0 Å². The molecule has 6 rings (SSSR count). The van der Waals surface area contributed by atoms with Crippen LogP contribution >= 0.6 is 0 Å². The van der Waals surface area contributed by atoms with Gasteiger partial charge < -0.3 is 25.5 Å². The largest absolute Gasteiger partial charge is 0.394 e. The number of aliphatic hydroxyl groups excluding tert-OH is 5. The molecule has 0 saturated heterocycles. The zero-order chi connectivity index (χ0) is 36.3. The van der Waals surface area contributed by atoms with Crippen molar-refractivity contribution in [2.45, 2.75) is 71.9 Å². The number of tetrazole rings is 6. The minimum absolute atomic E-state index is 0.00596. The Hall–Kier alpha value is -5.78. The summed E-state index contributed by atoms with van der Waals surface area (Å²) < 4.78 is 4.50. The van der Waals surface area contributed by atoms with E-state index in [0.29, 0.717) is 86.9 Å². The predicted molar refractivity (Wildman–Crippen MR) is 161 cm³/mol. The van der Waals surface area contributed by atoms with Crippen molar-refractivity contribution in [3.05, 3.63) is 34.9 Å². The fourth-order valence-electron chi connectivity index (χ4n) is 3.98. The van der Waals surface area contributed by atoms with Crippen LogP contribution in [0, 0.1) is 0 Å². The monoisotopic (exact) mass is 718 g/mol. The third-order valence-corrected chi connectivity index (χ3v) is 6.21. The topological polar surface area (TPSA) is 363 Å². The van der Waals surface area contributed by atoms with Crippen molar-refractivity contribution in [2.24, 2.45) is 0 Å². The number of aromatic nitrogens is 24. The van der Waals surface area contributed by atoms with Crippen LogP contribution < -0.4 is 0 Å². The van der Waals surface area contributed by atoms with Gasteiger partial charge in [-0.25, -0.2) is 14.0 Å². The maximum atomic E-state index is 8.84. The molecular weight excluding hydrogens is 680 g/mol. The summed E-state index contributed by atoms with van der Waals surface area (Å²) in [6.45, 7) is 4.24. The van der Waals surface area contributed by atoms with Gasteiger partial charge in [0.2, 0.25) is 0 Å². The van der Waals surface area contributed by atoms with Gasteiger partial charge in [0, 0.05) is 0 Å². The molecule has 0 radical (unpaired) electrons. The van der Waals surface area contributed by atoms with E-state index in [-0.39, 0.29) is 33.0 Å². The summed E-state index contributed by atoms with van der Waals surface area (Å²) in [7, 11) is 0. The predicted octanol–water partition coefficient (Wildman–Crippen LogP) is -6.88. The zero-order valence-electron chi connectivity index (χ0n) is 27.6. The number of hydrogen-bond donors (Lipinski definition) is 5. The molecule has 29 heteroatoms. The van der Waals surface area contributed by atoms with Crippen molar-refractivity contribution in [3.63, 3.8) is 0 Å². The second-order valence-electron chi connectivity index (χ2n) is 10.0. The van der Waals surface area contributed by atoms with Crippen molar-refractivity contribution < 1.29 is 25.5 Å². The molecule has 0 saturated carbocycles. The fraction of sp³-hybridized carbons (Fsp3) is 0.727. The molecule has 0 atom stereocenters. The van der Waals surface area contributed by atoms with E-state index in [0.717, 1.165) is 13.0 Å². The first kappa shape index (κ1) is 38.0. The van der Waals surface area contributed by atoms with E-state index < -0.39 is 0 Å². The molecule has 0 spiro atoms. The van der Waals surface area contributed by atoms with E-state index in [1.807, 2.05) is 6.92 Å². The zero-order valence-corrected chi connectivity index (χ0v) is 27.6. The first-order valence-corrected chi connectivity index (χ1v) is 15.6. The summed E-state index contributed by atoms with van der Waals surface area (Å²) in [5.74, 6) is 3.24. The lowest BCUT2D eigenvalue weighted by Gasteiger charge is -2.02. The highest BCUT2D eigenvalue weighted by molar-refractivity contribution is 4.96. The Balaban J connectivity index is 0.000000172. The Kier molecular flexibility index (Phi) is 15.4. The highest BCUT2D eigenvalue weighted by Gasteiger charge is 2.13. The van der Waals surface area contributed by atoms with Gasteiger partial charge >= 0.3 is 0 Å². The van der Waals surface area contributed by atoms with Gasteiger partial charge in [-0.1, -0.05) is 6.92 Å². The SMILES string of the molecule is CCCn1nnc(Cc2nnnn2CCO)n1.OCCn1nnc(Cc2nnn(CCO)n2)n1.OCCn1nnnc1Cc1nnnn1CCO. The van der Waals surface area contributed by atoms with E-state index in [1.54, 1.807) is 4.80 Å². The lowest BCUT2D eigenvalue weighted by Crippen LogP contribution is -2.13. The van der Waals surface area contributed by atoms with Crippen LogP contribution in [-0.2, 0) is 58.5 Å². The lowest BCUT2D eigenvalue weighted by molar-refractivity contribution is 0.259. The van der Waals surface area contributed by atoms with Crippen LogP contribution in [0.25, 0.3) is 0 Å². The molecule has 5 N–H and O–H groups in total. The van der Waals surface area contributed by atoms with Crippen LogP contribution in [0.5, 0.6) is 0 Å². The molecule has 0 aromatic carbocycles. The van der Waals surface area contributed by atoms with Gasteiger partial charge in [-0.05, 0) is 53.3 Å². The average molecular weight is 719 g/mol. The number of aliphatic hydroxyl groups is 5. The second kappa shape index (κ2) is 20.7. The highest BCUT2D eigenvalue weighted by Crippen LogP contribution is 2.02. The first-order valence-electron chi connectivity index (χ1n) is 15.6. The molecule has 29 nitrogen and oxygen atoms in total. The Morgan fingerprint density at radius 1 is 0.392 bits per heavy atom. The minimum Gasteiger partial charge on any atom is -0.394 e. The molecule has 6 heterocycles. The van der Waals surface area contributed by atoms with Crippen molar-refractivity contribution in [1.82, 2.24) is 121 Å². The molecule has 0 bridgehead atoms. The van der Waals surface area contributed by atoms with Crippen LogP contribution in [0.4, 0.5) is 0 Å². The molecule has 0 aliphatic heterocycles. The number of nitrogens with zero attached hydrogens (tertiary/aromatic N) is 24. The van der Waals surface area contributed by atoms with Crippen molar-refractivity contribution >= 4 is 0 Å². The molecule has 0 aliphatic rings. The van der Waals surface area contributed by atoms with Crippen molar-refractivity contribution in [2.75, 3.05) is 33.0 Å². The molecule has 0 aliphatic carbocycles. The Morgan fingerprint density at radius 2 is 0.745 bits per heavy atom. The summed E-state index contributed by atoms with van der Waals surface area (Å²) >= 11 is 0.